The van der Waals surface area contributed by atoms with Crippen LogP contribution >= 0.6 is 0 Å². The highest BCUT2D eigenvalue weighted by Gasteiger charge is 2.23. The molecule has 2 aromatic carbocycles. The van der Waals surface area contributed by atoms with Crippen molar-refractivity contribution in [2.75, 3.05) is 6.54 Å². The van der Waals surface area contributed by atoms with Crippen LogP contribution in [0.2, 0.25) is 0 Å². The number of amides is 1. The predicted molar refractivity (Wildman–Crippen MR) is 119 cm³/mol. The number of rotatable bonds is 5. The molecule has 0 saturated heterocycles. The number of fused-ring (bicyclic) bond motifs is 1. The van der Waals surface area contributed by atoms with Crippen LogP contribution in [0, 0.1) is 11.3 Å². The molecule has 0 bridgehead atoms. The minimum Gasteiger partial charge on any atom is -0.333 e. The molecule has 0 aliphatic carbocycles. The van der Waals surface area contributed by atoms with Crippen molar-refractivity contribution in [2.45, 2.75) is 26.1 Å². The molecule has 0 atom stereocenters. The average Bonchev–Trinajstić information content (AvgIpc) is 3.46. The van der Waals surface area contributed by atoms with Crippen molar-refractivity contribution < 1.29 is 4.79 Å². The van der Waals surface area contributed by atoms with Crippen LogP contribution in [0.15, 0.2) is 73.3 Å². The largest absolute Gasteiger partial charge is 0.333 e. The molecule has 4 aromatic rings. The molecule has 0 fully saturated rings. The molecule has 32 heavy (non-hydrogen) atoms. The van der Waals surface area contributed by atoms with Crippen LogP contribution < -0.4 is 0 Å². The summed E-state index contributed by atoms with van der Waals surface area (Å²) in [6.07, 6.45) is 5.86. The fourth-order valence-corrected chi connectivity index (χ4v) is 4.00. The van der Waals surface area contributed by atoms with E-state index < -0.39 is 0 Å². The average molecular weight is 422 g/mol. The molecule has 5 rings (SSSR count). The Morgan fingerprint density at radius 3 is 2.66 bits per heavy atom. The van der Waals surface area contributed by atoms with E-state index in [1.165, 1.54) is 0 Å². The van der Waals surface area contributed by atoms with Gasteiger partial charge in [0.05, 0.1) is 36.6 Å². The van der Waals surface area contributed by atoms with Crippen LogP contribution in [0.5, 0.6) is 0 Å². The van der Waals surface area contributed by atoms with Gasteiger partial charge in [-0.15, -0.1) is 0 Å². The second-order valence-corrected chi connectivity index (χ2v) is 7.92. The number of benzene rings is 2. The van der Waals surface area contributed by atoms with E-state index in [1.54, 1.807) is 24.7 Å². The summed E-state index contributed by atoms with van der Waals surface area (Å²) in [5.74, 6) is 0.983. The summed E-state index contributed by atoms with van der Waals surface area (Å²) in [5, 5.41) is 8.96. The smallest absolute Gasteiger partial charge is 0.229 e. The van der Waals surface area contributed by atoms with E-state index in [0.29, 0.717) is 31.6 Å². The molecule has 1 amide bonds. The van der Waals surface area contributed by atoms with Crippen molar-refractivity contribution in [1.82, 2.24) is 24.0 Å². The lowest BCUT2D eigenvalue weighted by Crippen LogP contribution is -2.39. The van der Waals surface area contributed by atoms with Crippen LogP contribution in [0.1, 0.15) is 22.6 Å². The molecule has 0 spiro atoms. The zero-order valence-electron chi connectivity index (χ0n) is 17.6. The topological polar surface area (TPSA) is 79.7 Å². The minimum atomic E-state index is 0.0714. The highest BCUT2D eigenvalue weighted by atomic mass is 16.2. The van der Waals surface area contributed by atoms with E-state index in [-0.39, 0.29) is 5.91 Å². The van der Waals surface area contributed by atoms with Gasteiger partial charge in [0.2, 0.25) is 5.91 Å². The molecule has 7 heteroatoms. The maximum Gasteiger partial charge on any atom is 0.229 e. The molecule has 1 aliphatic rings. The van der Waals surface area contributed by atoms with Gasteiger partial charge in [0.1, 0.15) is 5.82 Å². The van der Waals surface area contributed by atoms with Gasteiger partial charge >= 0.3 is 0 Å². The zero-order chi connectivity index (χ0) is 21.9. The van der Waals surface area contributed by atoms with Gasteiger partial charge in [0.15, 0.2) is 0 Å². The summed E-state index contributed by atoms with van der Waals surface area (Å²) in [6.45, 7) is 2.53. The third kappa shape index (κ3) is 4.03. The Bertz CT molecular complexity index is 1280. The summed E-state index contributed by atoms with van der Waals surface area (Å²) in [5.41, 5.74) is 4.59. The van der Waals surface area contributed by atoms with E-state index in [0.717, 1.165) is 34.9 Å². The Kier molecular flexibility index (Phi) is 5.26. The highest BCUT2D eigenvalue weighted by Crippen LogP contribution is 2.22. The Morgan fingerprint density at radius 1 is 1.06 bits per heavy atom. The van der Waals surface area contributed by atoms with Crippen molar-refractivity contribution in [3.05, 3.63) is 96.0 Å². The van der Waals surface area contributed by atoms with Gasteiger partial charge in [-0.25, -0.2) is 9.97 Å². The van der Waals surface area contributed by atoms with Gasteiger partial charge in [-0.05, 0) is 17.7 Å². The molecule has 3 heterocycles. The van der Waals surface area contributed by atoms with Crippen molar-refractivity contribution >= 4 is 5.91 Å². The molecule has 0 saturated carbocycles. The molecule has 2 aromatic heterocycles. The monoisotopic (exact) mass is 422 g/mol. The van der Waals surface area contributed by atoms with Crippen molar-refractivity contribution in [3.8, 4) is 17.3 Å². The molecule has 0 radical (unpaired) electrons. The lowest BCUT2D eigenvalue weighted by atomic mass is 10.1. The van der Waals surface area contributed by atoms with Gasteiger partial charge in [0, 0.05) is 43.3 Å². The maximum atomic E-state index is 13.1. The number of aromatic nitrogens is 4. The summed E-state index contributed by atoms with van der Waals surface area (Å²) in [7, 11) is 0. The molecule has 158 valence electrons. The Labute approximate surface area is 186 Å². The summed E-state index contributed by atoms with van der Waals surface area (Å²) < 4.78 is 4.12. The first kappa shape index (κ1) is 19.8. The fourth-order valence-electron chi connectivity index (χ4n) is 4.00. The molecular formula is C25H22N6O. The standard InChI is InChI=1S/C25H22N6O/c26-13-19-6-8-20(9-7-19)15-31-18-27-14-22(31)12-25(32)30-11-10-29-16-23(28-24(29)17-30)21-4-2-1-3-5-21/h1-9,14,16,18H,10-12,15,17H2. The van der Waals surface area contributed by atoms with E-state index in [9.17, 15) is 4.79 Å². The quantitative estimate of drug-likeness (QED) is 0.495. The Morgan fingerprint density at radius 2 is 1.88 bits per heavy atom. The number of carbonyl (C=O) groups excluding carboxylic acids is 1. The van der Waals surface area contributed by atoms with E-state index in [2.05, 4.69) is 21.8 Å². The maximum absolute atomic E-state index is 13.1. The number of nitrogens with zero attached hydrogens (tertiary/aromatic N) is 6. The first-order valence-electron chi connectivity index (χ1n) is 10.6. The van der Waals surface area contributed by atoms with Crippen molar-refractivity contribution in [3.63, 3.8) is 0 Å². The number of imidazole rings is 2. The lowest BCUT2D eigenvalue weighted by Gasteiger charge is -2.27. The Balaban J connectivity index is 1.26. The first-order chi connectivity index (χ1) is 15.7. The zero-order valence-corrected chi connectivity index (χ0v) is 17.6. The van der Waals surface area contributed by atoms with Crippen molar-refractivity contribution in [2.24, 2.45) is 0 Å². The van der Waals surface area contributed by atoms with E-state index >= 15 is 0 Å². The van der Waals surface area contributed by atoms with Crippen LogP contribution in [-0.2, 0) is 30.8 Å². The van der Waals surface area contributed by atoms with Crippen LogP contribution in [0.3, 0.4) is 0 Å². The number of hydrogen-bond acceptors (Lipinski definition) is 4. The molecule has 7 nitrogen and oxygen atoms in total. The van der Waals surface area contributed by atoms with Crippen LogP contribution in [-0.4, -0.2) is 36.5 Å². The summed E-state index contributed by atoms with van der Waals surface area (Å²) in [4.78, 5) is 23.9. The second-order valence-electron chi connectivity index (χ2n) is 7.92. The predicted octanol–water partition coefficient (Wildman–Crippen LogP) is 3.25. The summed E-state index contributed by atoms with van der Waals surface area (Å²) in [6, 6.07) is 19.7. The second kappa shape index (κ2) is 8.52. The van der Waals surface area contributed by atoms with Crippen LogP contribution in [0.4, 0.5) is 0 Å². The highest BCUT2D eigenvalue weighted by molar-refractivity contribution is 5.78. The molecular weight excluding hydrogens is 400 g/mol. The third-order valence-electron chi connectivity index (χ3n) is 5.79. The number of nitriles is 1. The van der Waals surface area contributed by atoms with E-state index in [1.807, 2.05) is 51.9 Å². The Hall–Kier alpha value is -4.18. The van der Waals surface area contributed by atoms with Crippen molar-refractivity contribution in [1.29, 1.82) is 5.26 Å². The summed E-state index contributed by atoms with van der Waals surface area (Å²) >= 11 is 0. The van der Waals surface area contributed by atoms with E-state index in [4.69, 9.17) is 10.2 Å². The molecule has 0 N–H and O–H groups in total. The molecule has 0 unspecified atom stereocenters. The minimum absolute atomic E-state index is 0.0714. The van der Waals surface area contributed by atoms with Gasteiger partial charge in [-0.1, -0.05) is 42.5 Å². The van der Waals surface area contributed by atoms with Crippen LogP contribution in [0.25, 0.3) is 11.3 Å². The lowest BCUT2D eigenvalue weighted by molar-refractivity contribution is -0.132. The van der Waals surface area contributed by atoms with Gasteiger partial charge in [-0.3, -0.25) is 4.79 Å². The van der Waals surface area contributed by atoms with Gasteiger partial charge in [-0.2, -0.15) is 5.26 Å². The first-order valence-corrected chi connectivity index (χ1v) is 10.6. The number of hydrogen-bond donors (Lipinski definition) is 0. The number of carbonyl (C=O) groups is 1. The SMILES string of the molecule is N#Cc1ccc(Cn2cncc2CC(=O)N2CCn3cc(-c4ccccc4)nc3C2)cc1. The fraction of sp³-hybridized carbons (Fsp3) is 0.200. The van der Waals surface area contributed by atoms with Gasteiger partial charge in [0.25, 0.3) is 0 Å². The normalized spacial score (nSPS) is 12.9. The third-order valence-corrected chi connectivity index (χ3v) is 5.79. The molecule has 1 aliphatic heterocycles. The van der Waals surface area contributed by atoms with Gasteiger partial charge < -0.3 is 14.0 Å².